The highest BCUT2D eigenvalue weighted by atomic mass is 15.0. The Kier molecular flexibility index (Phi) is 6.01. The maximum atomic E-state index is 3.98. The molecule has 2 aliphatic rings. The average molecular weight is 251 g/mol. The number of unbranched alkanes of at least 4 members (excludes halogenated alkanes) is 4. The first-order chi connectivity index (χ1) is 8.81. The van der Waals surface area contributed by atoms with E-state index < -0.39 is 0 Å². The van der Waals surface area contributed by atoms with Crippen LogP contribution in [0.15, 0.2) is 0 Å². The molecule has 1 heteroatoms. The Morgan fingerprint density at radius 1 is 0.944 bits per heavy atom. The number of nitrogens with one attached hydrogen (secondary N) is 1. The molecule has 2 rings (SSSR count). The Labute approximate surface area is 114 Å². The van der Waals surface area contributed by atoms with Gasteiger partial charge in [-0.1, -0.05) is 58.8 Å². The number of hydrogen-bond donors (Lipinski definition) is 1. The maximum absolute atomic E-state index is 3.98. The standard InChI is InChI=1S/C17H33N/c1-3-4-5-6-7-10-15-12-13-16-14(2)9-8-11-17(16)18-15/h14-18H,3-13H2,1-2H3. The predicted molar refractivity (Wildman–Crippen MR) is 79.8 cm³/mol. The minimum atomic E-state index is 0.846. The third-order valence-corrected chi connectivity index (χ3v) is 5.38. The van der Waals surface area contributed by atoms with Crippen LogP contribution in [0.2, 0.25) is 0 Å². The first-order valence-electron chi connectivity index (χ1n) is 8.57. The fourth-order valence-corrected chi connectivity index (χ4v) is 4.18. The lowest BCUT2D eigenvalue weighted by atomic mass is 9.71. The summed E-state index contributed by atoms with van der Waals surface area (Å²) in [6, 6.07) is 1.71. The molecule has 0 bridgehead atoms. The molecule has 0 amide bonds. The van der Waals surface area contributed by atoms with Crippen LogP contribution in [-0.4, -0.2) is 12.1 Å². The monoisotopic (exact) mass is 251 g/mol. The minimum Gasteiger partial charge on any atom is -0.311 e. The van der Waals surface area contributed by atoms with E-state index in [4.69, 9.17) is 0 Å². The second kappa shape index (κ2) is 7.53. The van der Waals surface area contributed by atoms with Crippen molar-refractivity contribution >= 4 is 0 Å². The molecule has 4 unspecified atom stereocenters. The third kappa shape index (κ3) is 3.98. The highest BCUT2D eigenvalue weighted by Crippen LogP contribution is 2.37. The molecule has 1 aliphatic heterocycles. The number of rotatable bonds is 6. The van der Waals surface area contributed by atoms with Crippen molar-refractivity contribution in [1.29, 1.82) is 0 Å². The molecule has 0 radical (unpaired) electrons. The Bertz CT molecular complexity index is 226. The molecular weight excluding hydrogens is 218 g/mol. The van der Waals surface area contributed by atoms with Crippen LogP contribution in [0.1, 0.15) is 84.5 Å². The van der Waals surface area contributed by atoms with Gasteiger partial charge in [0.2, 0.25) is 0 Å². The van der Waals surface area contributed by atoms with Crippen LogP contribution in [0.25, 0.3) is 0 Å². The lowest BCUT2D eigenvalue weighted by Crippen LogP contribution is -2.51. The molecule has 0 aromatic rings. The van der Waals surface area contributed by atoms with Gasteiger partial charge in [0.1, 0.15) is 0 Å². The van der Waals surface area contributed by atoms with Gasteiger partial charge >= 0.3 is 0 Å². The molecule has 0 spiro atoms. The van der Waals surface area contributed by atoms with Gasteiger partial charge in [-0.25, -0.2) is 0 Å². The van der Waals surface area contributed by atoms with Gasteiger partial charge in [-0.3, -0.25) is 0 Å². The molecule has 2 fully saturated rings. The van der Waals surface area contributed by atoms with Crippen molar-refractivity contribution in [2.75, 3.05) is 0 Å². The second-order valence-electron chi connectivity index (χ2n) is 6.82. The van der Waals surface area contributed by atoms with E-state index in [1.165, 1.54) is 70.6 Å². The van der Waals surface area contributed by atoms with Crippen LogP contribution in [-0.2, 0) is 0 Å². The summed E-state index contributed by atoms with van der Waals surface area (Å²) >= 11 is 0. The van der Waals surface area contributed by atoms with E-state index in [0.717, 1.165) is 23.9 Å². The molecule has 1 nitrogen and oxygen atoms in total. The van der Waals surface area contributed by atoms with Crippen molar-refractivity contribution in [3.8, 4) is 0 Å². The zero-order valence-corrected chi connectivity index (χ0v) is 12.6. The summed E-state index contributed by atoms with van der Waals surface area (Å²) in [5, 5.41) is 3.98. The first kappa shape index (κ1) is 14.4. The van der Waals surface area contributed by atoms with Gasteiger partial charge in [0, 0.05) is 12.1 Å². The van der Waals surface area contributed by atoms with Gasteiger partial charge < -0.3 is 5.32 Å². The fourth-order valence-electron chi connectivity index (χ4n) is 4.18. The van der Waals surface area contributed by atoms with Crippen molar-refractivity contribution in [2.45, 2.75) is 96.6 Å². The Morgan fingerprint density at radius 2 is 1.78 bits per heavy atom. The van der Waals surface area contributed by atoms with Crippen molar-refractivity contribution < 1.29 is 0 Å². The smallest absolute Gasteiger partial charge is 0.0100 e. The average Bonchev–Trinajstić information content (AvgIpc) is 2.39. The summed E-state index contributed by atoms with van der Waals surface area (Å²) in [6.07, 6.45) is 15.9. The van der Waals surface area contributed by atoms with Crippen molar-refractivity contribution in [3.05, 3.63) is 0 Å². The van der Waals surface area contributed by atoms with Gasteiger partial charge in [-0.15, -0.1) is 0 Å². The summed E-state index contributed by atoms with van der Waals surface area (Å²) in [7, 11) is 0. The minimum absolute atomic E-state index is 0.846. The largest absolute Gasteiger partial charge is 0.311 e. The van der Waals surface area contributed by atoms with Gasteiger partial charge in [0.15, 0.2) is 0 Å². The SMILES string of the molecule is CCCCCCCC1CCC2C(C)CCCC2N1. The molecule has 1 N–H and O–H groups in total. The molecule has 0 aromatic heterocycles. The summed E-state index contributed by atoms with van der Waals surface area (Å²) in [4.78, 5) is 0. The molecular formula is C17H33N. The van der Waals surface area contributed by atoms with Crippen LogP contribution >= 0.6 is 0 Å². The molecule has 0 aromatic carbocycles. The quantitative estimate of drug-likeness (QED) is 0.662. The molecule has 1 saturated heterocycles. The van der Waals surface area contributed by atoms with E-state index in [-0.39, 0.29) is 0 Å². The topological polar surface area (TPSA) is 12.0 Å². The zero-order valence-electron chi connectivity index (χ0n) is 12.6. The van der Waals surface area contributed by atoms with E-state index in [0.29, 0.717) is 0 Å². The lowest BCUT2D eigenvalue weighted by molar-refractivity contribution is 0.121. The molecule has 4 atom stereocenters. The van der Waals surface area contributed by atoms with Gasteiger partial charge in [0.25, 0.3) is 0 Å². The van der Waals surface area contributed by atoms with E-state index in [1.54, 1.807) is 0 Å². The van der Waals surface area contributed by atoms with E-state index in [9.17, 15) is 0 Å². The van der Waals surface area contributed by atoms with Crippen molar-refractivity contribution in [2.24, 2.45) is 11.8 Å². The van der Waals surface area contributed by atoms with Gasteiger partial charge in [-0.2, -0.15) is 0 Å². The Balaban J connectivity index is 1.64. The lowest BCUT2D eigenvalue weighted by Gasteiger charge is -2.44. The zero-order chi connectivity index (χ0) is 12.8. The van der Waals surface area contributed by atoms with Crippen molar-refractivity contribution in [1.82, 2.24) is 5.32 Å². The Hall–Kier alpha value is -0.0400. The van der Waals surface area contributed by atoms with Gasteiger partial charge in [-0.05, 0) is 37.5 Å². The normalized spacial score (nSPS) is 36.3. The Morgan fingerprint density at radius 3 is 2.61 bits per heavy atom. The van der Waals surface area contributed by atoms with E-state index in [1.807, 2.05) is 0 Å². The third-order valence-electron chi connectivity index (χ3n) is 5.38. The van der Waals surface area contributed by atoms with Crippen LogP contribution in [0, 0.1) is 11.8 Å². The first-order valence-corrected chi connectivity index (χ1v) is 8.57. The summed E-state index contributed by atoms with van der Waals surface area (Å²) in [5.74, 6) is 1.97. The molecule has 1 aliphatic carbocycles. The number of fused-ring (bicyclic) bond motifs is 1. The fraction of sp³-hybridized carbons (Fsp3) is 1.00. The maximum Gasteiger partial charge on any atom is 0.0100 e. The highest BCUT2D eigenvalue weighted by Gasteiger charge is 2.35. The number of piperidine rings is 1. The summed E-state index contributed by atoms with van der Waals surface area (Å²) in [5.41, 5.74) is 0. The highest BCUT2D eigenvalue weighted by molar-refractivity contribution is 4.91. The summed E-state index contributed by atoms with van der Waals surface area (Å²) in [6.45, 7) is 4.77. The van der Waals surface area contributed by atoms with E-state index in [2.05, 4.69) is 19.2 Å². The molecule has 106 valence electrons. The van der Waals surface area contributed by atoms with Crippen molar-refractivity contribution in [3.63, 3.8) is 0 Å². The number of hydrogen-bond acceptors (Lipinski definition) is 1. The van der Waals surface area contributed by atoms with Crippen LogP contribution in [0.5, 0.6) is 0 Å². The molecule has 1 heterocycles. The van der Waals surface area contributed by atoms with Gasteiger partial charge in [0.05, 0.1) is 0 Å². The molecule has 1 saturated carbocycles. The molecule has 18 heavy (non-hydrogen) atoms. The summed E-state index contributed by atoms with van der Waals surface area (Å²) < 4.78 is 0. The van der Waals surface area contributed by atoms with Crippen LogP contribution in [0.3, 0.4) is 0 Å². The second-order valence-corrected chi connectivity index (χ2v) is 6.82. The van der Waals surface area contributed by atoms with E-state index >= 15 is 0 Å². The van der Waals surface area contributed by atoms with Crippen LogP contribution < -0.4 is 5.32 Å². The predicted octanol–water partition coefficient (Wildman–Crippen LogP) is 4.90. The van der Waals surface area contributed by atoms with Crippen LogP contribution in [0.4, 0.5) is 0 Å².